The number of nitrogens with zero attached hydrogens (tertiary/aromatic N) is 1. The molecule has 0 heterocycles. The fourth-order valence-electron chi connectivity index (χ4n) is 2.01. The van der Waals surface area contributed by atoms with Gasteiger partial charge in [-0.2, -0.15) is 0 Å². The Bertz CT molecular complexity index is 658. The molecule has 1 amide bonds. The van der Waals surface area contributed by atoms with Crippen LogP contribution in [0, 0.1) is 5.82 Å². The van der Waals surface area contributed by atoms with Crippen LogP contribution in [-0.2, 0) is 6.54 Å². The third-order valence-electron chi connectivity index (χ3n) is 3.11. The van der Waals surface area contributed by atoms with Gasteiger partial charge in [0, 0.05) is 13.6 Å². The van der Waals surface area contributed by atoms with Crippen LogP contribution in [0.1, 0.15) is 15.9 Å². The van der Waals surface area contributed by atoms with Crippen LogP contribution in [0.25, 0.3) is 0 Å². The van der Waals surface area contributed by atoms with Gasteiger partial charge in [-0.3, -0.25) is 4.79 Å². The highest BCUT2D eigenvalue weighted by Crippen LogP contribution is 2.26. The zero-order valence-corrected chi connectivity index (χ0v) is 11.8. The van der Waals surface area contributed by atoms with Gasteiger partial charge >= 0.3 is 0 Å². The molecule has 0 aromatic heterocycles. The van der Waals surface area contributed by atoms with Crippen molar-refractivity contribution < 1.29 is 19.0 Å². The third kappa shape index (κ3) is 3.31. The normalized spacial score (nSPS) is 10.2. The van der Waals surface area contributed by atoms with Crippen LogP contribution < -0.4 is 4.74 Å². The van der Waals surface area contributed by atoms with E-state index in [1.807, 2.05) is 0 Å². The van der Waals surface area contributed by atoms with Gasteiger partial charge in [-0.15, -0.1) is 0 Å². The van der Waals surface area contributed by atoms with Gasteiger partial charge in [-0.1, -0.05) is 18.2 Å². The summed E-state index contributed by atoms with van der Waals surface area (Å²) in [4.78, 5) is 13.6. The Hall–Kier alpha value is -2.56. The van der Waals surface area contributed by atoms with E-state index in [1.165, 1.54) is 36.3 Å². The molecule has 0 spiro atoms. The molecule has 0 aliphatic carbocycles. The molecule has 0 atom stereocenters. The van der Waals surface area contributed by atoms with E-state index in [0.29, 0.717) is 5.75 Å². The van der Waals surface area contributed by atoms with Crippen molar-refractivity contribution in [3.05, 3.63) is 59.4 Å². The summed E-state index contributed by atoms with van der Waals surface area (Å²) in [6.45, 7) is 0.282. The number of ether oxygens (including phenoxy) is 1. The van der Waals surface area contributed by atoms with Gasteiger partial charge in [0.2, 0.25) is 0 Å². The standard InChI is InChI=1S/C16H16FNO3/c1-18(16(20)12-5-3-4-6-13(12)17)10-11-7-8-14(19)15(9-11)21-2/h3-9,19H,10H2,1-2H3. The van der Waals surface area contributed by atoms with Crippen molar-refractivity contribution in [2.75, 3.05) is 14.2 Å². The molecule has 0 saturated carbocycles. The number of amides is 1. The van der Waals surface area contributed by atoms with Crippen molar-refractivity contribution in [1.82, 2.24) is 4.90 Å². The number of carbonyl (C=O) groups excluding carboxylic acids is 1. The molecule has 2 rings (SSSR count). The summed E-state index contributed by atoms with van der Waals surface area (Å²) in [5, 5.41) is 9.54. The summed E-state index contributed by atoms with van der Waals surface area (Å²) in [5.74, 6) is -0.582. The predicted octanol–water partition coefficient (Wildman–Crippen LogP) is 2.81. The molecule has 5 heteroatoms. The molecular formula is C16H16FNO3. The van der Waals surface area contributed by atoms with Crippen molar-refractivity contribution >= 4 is 5.91 Å². The summed E-state index contributed by atoms with van der Waals surface area (Å²) < 4.78 is 18.6. The van der Waals surface area contributed by atoms with E-state index >= 15 is 0 Å². The lowest BCUT2D eigenvalue weighted by molar-refractivity contribution is 0.0780. The van der Waals surface area contributed by atoms with Crippen molar-refractivity contribution in [3.8, 4) is 11.5 Å². The zero-order chi connectivity index (χ0) is 15.4. The van der Waals surface area contributed by atoms with Crippen LogP contribution >= 0.6 is 0 Å². The molecular weight excluding hydrogens is 273 g/mol. The first kappa shape index (κ1) is 14.8. The highest BCUT2D eigenvalue weighted by atomic mass is 19.1. The lowest BCUT2D eigenvalue weighted by atomic mass is 10.1. The van der Waals surface area contributed by atoms with E-state index in [1.54, 1.807) is 25.2 Å². The number of hydrogen-bond acceptors (Lipinski definition) is 3. The lowest BCUT2D eigenvalue weighted by Crippen LogP contribution is -2.27. The van der Waals surface area contributed by atoms with Crippen LogP contribution in [-0.4, -0.2) is 30.1 Å². The maximum absolute atomic E-state index is 13.6. The molecule has 0 aliphatic rings. The number of phenols is 1. The number of carbonyl (C=O) groups is 1. The van der Waals surface area contributed by atoms with Gasteiger partial charge in [0.05, 0.1) is 12.7 Å². The van der Waals surface area contributed by atoms with Gasteiger partial charge in [-0.05, 0) is 29.8 Å². The minimum atomic E-state index is -0.544. The van der Waals surface area contributed by atoms with Gasteiger partial charge in [-0.25, -0.2) is 4.39 Å². The van der Waals surface area contributed by atoms with Gasteiger partial charge in [0.25, 0.3) is 5.91 Å². The zero-order valence-electron chi connectivity index (χ0n) is 11.8. The average molecular weight is 289 g/mol. The monoisotopic (exact) mass is 289 g/mol. The smallest absolute Gasteiger partial charge is 0.256 e. The minimum absolute atomic E-state index is 0.0318. The second-order valence-corrected chi connectivity index (χ2v) is 4.65. The maximum Gasteiger partial charge on any atom is 0.256 e. The molecule has 0 radical (unpaired) electrons. The molecule has 21 heavy (non-hydrogen) atoms. The topological polar surface area (TPSA) is 49.8 Å². The van der Waals surface area contributed by atoms with Crippen LogP contribution in [0.3, 0.4) is 0 Å². The van der Waals surface area contributed by atoms with Gasteiger partial charge < -0.3 is 14.7 Å². The van der Waals surface area contributed by atoms with Gasteiger partial charge in [0.1, 0.15) is 5.82 Å². The summed E-state index contributed by atoms with van der Waals surface area (Å²) in [6.07, 6.45) is 0. The number of methoxy groups -OCH3 is 1. The third-order valence-corrected chi connectivity index (χ3v) is 3.11. The summed E-state index contributed by atoms with van der Waals surface area (Å²) in [5.41, 5.74) is 0.808. The molecule has 2 aromatic rings. The molecule has 110 valence electrons. The Kier molecular flexibility index (Phi) is 4.42. The van der Waals surface area contributed by atoms with E-state index in [-0.39, 0.29) is 17.9 Å². The Morgan fingerprint density at radius 2 is 2.00 bits per heavy atom. The molecule has 0 saturated heterocycles. The van der Waals surface area contributed by atoms with E-state index in [9.17, 15) is 14.3 Å². The summed E-state index contributed by atoms with van der Waals surface area (Å²) in [7, 11) is 3.04. The molecule has 0 fully saturated rings. The van der Waals surface area contributed by atoms with E-state index in [4.69, 9.17) is 4.74 Å². The Labute approximate surface area is 122 Å². The molecule has 2 aromatic carbocycles. The van der Waals surface area contributed by atoms with Crippen LogP contribution in [0.15, 0.2) is 42.5 Å². The molecule has 1 N–H and O–H groups in total. The van der Waals surface area contributed by atoms with E-state index < -0.39 is 11.7 Å². The predicted molar refractivity (Wildman–Crippen MR) is 76.9 cm³/mol. The minimum Gasteiger partial charge on any atom is -0.504 e. The Morgan fingerprint density at radius 1 is 1.29 bits per heavy atom. The number of benzene rings is 2. The Balaban J connectivity index is 2.16. The molecule has 4 nitrogen and oxygen atoms in total. The highest BCUT2D eigenvalue weighted by molar-refractivity contribution is 5.94. The quantitative estimate of drug-likeness (QED) is 0.941. The molecule has 0 aliphatic heterocycles. The molecule has 0 bridgehead atoms. The van der Waals surface area contributed by atoms with Crippen LogP contribution in [0.4, 0.5) is 4.39 Å². The molecule has 0 unspecified atom stereocenters. The fraction of sp³-hybridized carbons (Fsp3) is 0.188. The first-order valence-electron chi connectivity index (χ1n) is 6.39. The second kappa shape index (κ2) is 6.26. The van der Waals surface area contributed by atoms with Crippen molar-refractivity contribution in [2.45, 2.75) is 6.54 Å². The Morgan fingerprint density at radius 3 is 2.67 bits per heavy atom. The van der Waals surface area contributed by atoms with E-state index in [0.717, 1.165) is 5.56 Å². The largest absolute Gasteiger partial charge is 0.504 e. The van der Waals surface area contributed by atoms with Crippen LogP contribution in [0.5, 0.6) is 11.5 Å². The van der Waals surface area contributed by atoms with Crippen molar-refractivity contribution in [2.24, 2.45) is 0 Å². The van der Waals surface area contributed by atoms with Crippen molar-refractivity contribution in [3.63, 3.8) is 0 Å². The summed E-state index contributed by atoms with van der Waals surface area (Å²) >= 11 is 0. The van der Waals surface area contributed by atoms with Gasteiger partial charge in [0.15, 0.2) is 11.5 Å². The maximum atomic E-state index is 13.6. The first-order chi connectivity index (χ1) is 10.0. The number of aromatic hydroxyl groups is 1. The summed E-state index contributed by atoms with van der Waals surface area (Å²) in [6, 6.07) is 10.7. The number of phenolic OH excluding ortho intramolecular Hbond substituents is 1. The van der Waals surface area contributed by atoms with Crippen LogP contribution in [0.2, 0.25) is 0 Å². The highest BCUT2D eigenvalue weighted by Gasteiger charge is 2.16. The number of hydrogen-bond donors (Lipinski definition) is 1. The lowest BCUT2D eigenvalue weighted by Gasteiger charge is -2.18. The average Bonchev–Trinajstić information content (AvgIpc) is 2.49. The number of halogens is 1. The second-order valence-electron chi connectivity index (χ2n) is 4.65. The fourth-order valence-corrected chi connectivity index (χ4v) is 2.01. The SMILES string of the molecule is COc1cc(CN(C)C(=O)c2ccccc2F)ccc1O. The van der Waals surface area contributed by atoms with E-state index in [2.05, 4.69) is 0 Å². The number of rotatable bonds is 4. The first-order valence-corrected chi connectivity index (χ1v) is 6.39. The van der Waals surface area contributed by atoms with Crippen molar-refractivity contribution in [1.29, 1.82) is 0 Å².